The molecule has 14 heavy (non-hydrogen) atoms. The van der Waals surface area contributed by atoms with Crippen LogP contribution >= 0.6 is 12.6 Å². The molecular weight excluding hydrogens is 195 g/mol. The van der Waals surface area contributed by atoms with E-state index < -0.39 is 0 Å². The van der Waals surface area contributed by atoms with Gasteiger partial charge in [-0.2, -0.15) is 0 Å². The van der Waals surface area contributed by atoms with Crippen LogP contribution in [0.1, 0.15) is 5.56 Å². The third-order valence-corrected chi connectivity index (χ3v) is 2.49. The van der Waals surface area contributed by atoms with Crippen molar-refractivity contribution in [1.82, 2.24) is 0 Å². The van der Waals surface area contributed by atoms with E-state index >= 15 is 0 Å². The minimum absolute atomic E-state index is 0.285. The van der Waals surface area contributed by atoms with Crippen molar-refractivity contribution in [3.05, 3.63) is 41.7 Å². The summed E-state index contributed by atoms with van der Waals surface area (Å²) in [4.78, 5) is 0.704. The molecule has 2 rings (SSSR count). The molecule has 0 atom stereocenters. The summed E-state index contributed by atoms with van der Waals surface area (Å²) in [6.45, 7) is 0. The molecule has 0 nitrogen and oxygen atoms in total. The van der Waals surface area contributed by atoms with E-state index in [1.54, 1.807) is 12.1 Å². The van der Waals surface area contributed by atoms with Crippen LogP contribution in [0.25, 0.3) is 10.8 Å². The zero-order chi connectivity index (χ0) is 10.1. The minimum Gasteiger partial charge on any atom is -0.206 e. The van der Waals surface area contributed by atoms with Gasteiger partial charge in [0.2, 0.25) is 0 Å². The van der Waals surface area contributed by atoms with Crippen molar-refractivity contribution in [2.45, 2.75) is 4.90 Å². The Balaban J connectivity index is 3.01. The van der Waals surface area contributed by atoms with Crippen LogP contribution in [-0.2, 0) is 0 Å². The Labute approximate surface area is 87.2 Å². The maximum Gasteiger partial charge on any atom is 0.139 e. The standard InChI is InChI=1S/C12H7FS/c1-2-9-10(13)7-6-8-4-3-5-11(14)12(8)9/h1,3-7,14H. The summed E-state index contributed by atoms with van der Waals surface area (Å²) in [6, 6.07) is 8.62. The van der Waals surface area contributed by atoms with Gasteiger partial charge in [-0.3, -0.25) is 0 Å². The summed E-state index contributed by atoms with van der Waals surface area (Å²) in [7, 11) is 0. The summed E-state index contributed by atoms with van der Waals surface area (Å²) in [5.41, 5.74) is 0.285. The first-order chi connectivity index (χ1) is 6.74. The fraction of sp³-hybridized carbons (Fsp3) is 0. The zero-order valence-electron chi connectivity index (χ0n) is 7.29. The molecule has 68 valence electrons. The minimum atomic E-state index is -0.374. The predicted molar refractivity (Wildman–Crippen MR) is 59.1 cm³/mol. The van der Waals surface area contributed by atoms with E-state index in [4.69, 9.17) is 6.42 Å². The van der Waals surface area contributed by atoms with E-state index in [-0.39, 0.29) is 11.4 Å². The van der Waals surface area contributed by atoms with Crippen molar-refractivity contribution in [2.24, 2.45) is 0 Å². The van der Waals surface area contributed by atoms with Gasteiger partial charge in [0.05, 0.1) is 5.56 Å². The van der Waals surface area contributed by atoms with Crippen LogP contribution in [0.15, 0.2) is 35.2 Å². The largest absolute Gasteiger partial charge is 0.206 e. The molecule has 0 aliphatic heterocycles. The lowest BCUT2D eigenvalue weighted by atomic mass is 10.0. The van der Waals surface area contributed by atoms with Crippen molar-refractivity contribution in [2.75, 3.05) is 0 Å². The lowest BCUT2D eigenvalue weighted by Gasteiger charge is -2.04. The Morgan fingerprint density at radius 1 is 1.21 bits per heavy atom. The SMILES string of the molecule is C#Cc1c(F)ccc2cccc(S)c12. The normalized spacial score (nSPS) is 10.1. The highest BCUT2D eigenvalue weighted by Gasteiger charge is 2.06. The van der Waals surface area contributed by atoms with Crippen molar-refractivity contribution < 1.29 is 4.39 Å². The second-order valence-electron chi connectivity index (χ2n) is 2.94. The molecule has 0 aromatic heterocycles. The molecule has 0 saturated heterocycles. The third-order valence-electron chi connectivity index (χ3n) is 2.12. The second-order valence-corrected chi connectivity index (χ2v) is 3.42. The van der Waals surface area contributed by atoms with Crippen molar-refractivity contribution in [3.8, 4) is 12.3 Å². The topological polar surface area (TPSA) is 0 Å². The highest BCUT2D eigenvalue weighted by atomic mass is 32.1. The smallest absolute Gasteiger partial charge is 0.139 e. The predicted octanol–water partition coefficient (Wildman–Crippen LogP) is 3.25. The van der Waals surface area contributed by atoms with Crippen molar-refractivity contribution in [3.63, 3.8) is 0 Å². The number of hydrogen-bond donors (Lipinski definition) is 1. The van der Waals surface area contributed by atoms with Gasteiger partial charge in [0.25, 0.3) is 0 Å². The molecule has 0 saturated carbocycles. The molecule has 2 heteroatoms. The number of fused-ring (bicyclic) bond motifs is 1. The Kier molecular flexibility index (Phi) is 2.18. The number of terminal acetylenes is 1. The zero-order valence-corrected chi connectivity index (χ0v) is 8.18. The van der Waals surface area contributed by atoms with Gasteiger partial charge in [-0.05, 0) is 17.5 Å². The summed E-state index contributed by atoms with van der Waals surface area (Å²) in [5.74, 6) is 1.98. The molecule has 0 heterocycles. The van der Waals surface area contributed by atoms with Crippen LogP contribution in [-0.4, -0.2) is 0 Å². The van der Waals surface area contributed by atoms with E-state index in [0.29, 0.717) is 10.3 Å². The lowest BCUT2D eigenvalue weighted by molar-refractivity contribution is 0.626. The third kappa shape index (κ3) is 1.26. The molecule has 2 aromatic carbocycles. The van der Waals surface area contributed by atoms with Crippen LogP contribution in [0.3, 0.4) is 0 Å². The van der Waals surface area contributed by atoms with Gasteiger partial charge in [-0.15, -0.1) is 19.1 Å². The van der Waals surface area contributed by atoms with Crippen LogP contribution < -0.4 is 0 Å². The first-order valence-corrected chi connectivity index (χ1v) is 4.55. The van der Waals surface area contributed by atoms with E-state index in [0.717, 1.165) is 5.39 Å². The van der Waals surface area contributed by atoms with E-state index in [1.807, 2.05) is 12.1 Å². The summed E-state index contributed by atoms with van der Waals surface area (Å²) >= 11 is 4.26. The second kappa shape index (κ2) is 3.36. The molecule has 0 unspecified atom stereocenters. The van der Waals surface area contributed by atoms with E-state index in [9.17, 15) is 4.39 Å². The van der Waals surface area contributed by atoms with Crippen LogP contribution in [0.2, 0.25) is 0 Å². The van der Waals surface area contributed by atoms with Gasteiger partial charge in [0.1, 0.15) is 5.82 Å². The van der Waals surface area contributed by atoms with Gasteiger partial charge < -0.3 is 0 Å². The van der Waals surface area contributed by atoms with Crippen LogP contribution in [0, 0.1) is 18.2 Å². The Hall–Kier alpha value is -1.46. The quantitative estimate of drug-likeness (QED) is 0.492. The van der Waals surface area contributed by atoms with Gasteiger partial charge in [0, 0.05) is 10.3 Å². The summed E-state index contributed by atoms with van der Waals surface area (Å²) in [5, 5.41) is 1.62. The van der Waals surface area contributed by atoms with Crippen molar-refractivity contribution in [1.29, 1.82) is 0 Å². The fourth-order valence-electron chi connectivity index (χ4n) is 1.48. The molecular formula is C12H7FS. The number of benzene rings is 2. The highest BCUT2D eigenvalue weighted by Crippen LogP contribution is 2.26. The highest BCUT2D eigenvalue weighted by molar-refractivity contribution is 7.80. The number of rotatable bonds is 0. The maximum atomic E-state index is 13.3. The first-order valence-electron chi connectivity index (χ1n) is 4.11. The van der Waals surface area contributed by atoms with Gasteiger partial charge in [0.15, 0.2) is 0 Å². The monoisotopic (exact) mass is 202 g/mol. The molecule has 0 bridgehead atoms. The summed E-state index contributed by atoms with van der Waals surface area (Å²) < 4.78 is 13.3. The molecule has 0 amide bonds. The van der Waals surface area contributed by atoms with Gasteiger partial charge in [-0.1, -0.05) is 24.1 Å². The average molecular weight is 202 g/mol. The van der Waals surface area contributed by atoms with Crippen LogP contribution in [0.5, 0.6) is 0 Å². The number of hydrogen-bond acceptors (Lipinski definition) is 1. The molecule has 0 spiro atoms. The van der Waals surface area contributed by atoms with E-state index in [1.165, 1.54) is 6.07 Å². The Morgan fingerprint density at radius 3 is 2.71 bits per heavy atom. The Bertz CT molecular complexity index is 538. The number of thiol groups is 1. The maximum absolute atomic E-state index is 13.3. The number of halogens is 1. The molecule has 0 aliphatic rings. The molecule has 0 N–H and O–H groups in total. The lowest BCUT2D eigenvalue weighted by Crippen LogP contribution is -1.87. The van der Waals surface area contributed by atoms with Gasteiger partial charge >= 0.3 is 0 Å². The van der Waals surface area contributed by atoms with Crippen molar-refractivity contribution >= 4 is 23.4 Å². The summed E-state index contributed by atoms with van der Waals surface area (Å²) in [6.07, 6.45) is 5.26. The van der Waals surface area contributed by atoms with Gasteiger partial charge in [-0.25, -0.2) is 4.39 Å². The van der Waals surface area contributed by atoms with Crippen LogP contribution in [0.4, 0.5) is 4.39 Å². The first kappa shape index (κ1) is 9.11. The molecule has 2 aromatic rings. The fourth-order valence-corrected chi connectivity index (χ4v) is 1.80. The average Bonchev–Trinajstić information content (AvgIpc) is 2.19. The molecule has 0 fully saturated rings. The van der Waals surface area contributed by atoms with E-state index in [2.05, 4.69) is 18.5 Å². The molecule has 0 aliphatic carbocycles. The Morgan fingerprint density at radius 2 is 2.00 bits per heavy atom. The molecule has 0 radical (unpaired) electrons.